The summed E-state index contributed by atoms with van der Waals surface area (Å²) in [5.74, 6) is -2.33. The van der Waals surface area contributed by atoms with Gasteiger partial charge >= 0.3 is 39.5 Å². The van der Waals surface area contributed by atoms with Crippen molar-refractivity contribution in [2.24, 2.45) is 0 Å². The van der Waals surface area contributed by atoms with Gasteiger partial charge in [-0.25, -0.2) is 9.13 Å². The number of allylic oxidation sites excluding steroid dienone is 28. The molecular weight excluding hydrogens is 1310 g/mol. The lowest BCUT2D eigenvalue weighted by Crippen LogP contribution is -2.30. The molecule has 0 aliphatic heterocycles. The summed E-state index contributed by atoms with van der Waals surface area (Å²) in [6.45, 7) is 4.24. The van der Waals surface area contributed by atoms with E-state index in [1.807, 2.05) is 0 Å². The Kier molecular flexibility index (Phi) is 67.8. The van der Waals surface area contributed by atoms with Crippen molar-refractivity contribution in [2.45, 2.75) is 277 Å². The summed E-state index contributed by atoms with van der Waals surface area (Å²) in [5.41, 5.74) is 0. The normalized spacial score (nSPS) is 14.9. The Bertz CT molecular complexity index is 2570. The number of hydrogen-bond acceptors (Lipinski definition) is 15. The lowest BCUT2D eigenvalue weighted by molar-refractivity contribution is -0.161. The summed E-state index contributed by atoms with van der Waals surface area (Å²) < 4.78 is 68.3. The van der Waals surface area contributed by atoms with Crippen LogP contribution in [0.25, 0.3) is 0 Å². The van der Waals surface area contributed by atoms with Gasteiger partial charge in [-0.15, -0.1) is 0 Å². The van der Waals surface area contributed by atoms with Crippen molar-refractivity contribution in [3.05, 3.63) is 170 Å². The number of esters is 4. The van der Waals surface area contributed by atoms with Crippen LogP contribution in [0.15, 0.2) is 170 Å². The van der Waals surface area contributed by atoms with Crippen LogP contribution < -0.4 is 0 Å². The fourth-order valence-electron chi connectivity index (χ4n) is 9.11. The van der Waals surface area contributed by atoms with Gasteiger partial charge in [0.15, 0.2) is 12.2 Å². The van der Waals surface area contributed by atoms with Crippen LogP contribution in [0.5, 0.6) is 0 Å². The number of carbonyl (C=O) groups excluding carboxylic acids is 4. The number of aliphatic hydroxyl groups is 1. The van der Waals surface area contributed by atoms with E-state index in [1.165, 1.54) is 0 Å². The van der Waals surface area contributed by atoms with Crippen LogP contribution in [0, 0.1) is 0 Å². The molecule has 0 bridgehead atoms. The Hall–Kier alpha value is -5.58. The van der Waals surface area contributed by atoms with Gasteiger partial charge in [0.1, 0.15) is 19.3 Å². The molecule has 0 rings (SSSR count). The lowest BCUT2D eigenvalue weighted by Gasteiger charge is -2.21. The average Bonchev–Trinajstić information content (AvgIpc) is 1.01. The predicted octanol–water partition coefficient (Wildman–Crippen LogP) is 21.4. The molecular formula is C81H130O17P2. The lowest BCUT2D eigenvalue weighted by atomic mass is 10.1. The third-order valence-corrected chi connectivity index (χ3v) is 16.6. The molecule has 5 unspecified atom stereocenters. The van der Waals surface area contributed by atoms with E-state index in [1.54, 1.807) is 0 Å². The first-order chi connectivity index (χ1) is 48.7. The van der Waals surface area contributed by atoms with E-state index in [9.17, 15) is 43.2 Å². The summed E-state index contributed by atoms with van der Waals surface area (Å²) in [7, 11) is -10.0. The third-order valence-electron chi connectivity index (χ3n) is 14.7. The maximum atomic E-state index is 13.1. The van der Waals surface area contributed by atoms with Gasteiger partial charge in [0, 0.05) is 25.7 Å². The van der Waals surface area contributed by atoms with Crippen molar-refractivity contribution in [3.63, 3.8) is 0 Å². The topological polar surface area (TPSA) is 237 Å². The summed E-state index contributed by atoms with van der Waals surface area (Å²) in [5, 5.41) is 10.6. The summed E-state index contributed by atoms with van der Waals surface area (Å²) in [6, 6.07) is 0. The number of unbranched alkanes of at least 4 members (excludes halogenated alkanes) is 14. The van der Waals surface area contributed by atoms with Gasteiger partial charge < -0.3 is 33.8 Å². The molecule has 0 saturated carbocycles. The molecule has 0 heterocycles. The zero-order valence-electron chi connectivity index (χ0n) is 61.5. The largest absolute Gasteiger partial charge is 0.472 e. The highest BCUT2D eigenvalue weighted by Crippen LogP contribution is 2.45. The zero-order valence-corrected chi connectivity index (χ0v) is 63.3. The molecule has 3 N–H and O–H groups in total. The second-order valence-corrected chi connectivity index (χ2v) is 27.0. The molecule has 0 aliphatic rings. The van der Waals surface area contributed by atoms with Crippen LogP contribution in [0.1, 0.15) is 259 Å². The predicted molar refractivity (Wildman–Crippen MR) is 408 cm³/mol. The van der Waals surface area contributed by atoms with Crippen LogP contribution in [0.2, 0.25) is 0 Å². The number of hydrogen-bond donors (Lipinski definition) is 3. The van der Waals surface area contributed by atoms with E-state index in [0.717, 1.165) is 173 Å². The standard InChI is InChI=1S/C81H130O17P2/c1-5-9-13-17-21-25-29-33-37-41-45-49-53-57-61-65-78(83)91-71-76(97-80(85)67-63-59-55-51-47-43-39-35-31-27-23-19-15-11-7-3)73-95-99(87,88)93-69-75(82)70-94-100(89,90)96-74-77(98-81(86)68-64-60-56-52-48-44-40-36-32-28-24-20-16-12-8-4)72-92-79(84)66-62-58-54-50-46-42-38-34-30-26-22-18-14-10-6-2/h9-16,21-28,33-40,45,47,49,51,75-77,82H,5-8,17-20,29-32,41-44,46,48,50,52-74H2,1-4H3,(H,87,88)(H,89,90)/b13-9-,14-10-,15-11-,16-12-,25-21-,26-22-,27-23-,28-24-,37-33-,38-34-,39-35-,40-36-,49-45-,51-47-. The van der Waals surface area contributed by atoms with E-state index in [2.05, 4.69) is 198 Å². The number of ether oxygens (including phenoxy) is 4. The molecule has 0 aromatic heterocycles. The van der Waals surface area contributed by atoms with Crippen LogP contribution in [0.4, 0.5) is 0 Å². The van der Waals surface area contributed by atoms with Gasteiger partial charge in [-0.2, -0.15) is 0 Å². The zero-order chi connectivity index (χ0) is 73.2. The highest BCUT2D eigenvalue weighted by atomic mass is 31.2. The Morgan fingerprint density at radius 3 is 0.770 bits per heavy atom. The van der Waals surface area contributed by atoms with E-state index in [0.29, 0.717) is 32.1 Å². The first-order valence-corrected chi connectivity index (χ1v) is 40.4. The van der Waals surface area contributed by atoms with E-state index >= 15 is 0 Å². The van der Waals surface area contributed by atoms with Crippen molar-refractivity contribution in [2.75, 3.05) is 39.6 Å². The Labute approximate surface area is 603 Å². The molecule has 100 heavy (non-hydrogen) atoms. The quantitative estimate of drug-likeness (QED) is 0.0169. The Morgan fingerprint density at radius 1 is 0.280 bits per heavy atom. The van der Waals surface area contributed by atoms with E-state index < -0.39 is 97.5 Å². The van der Waals surface area contributed by atoms with Crippen LogP contribution >= 0.6 is 15.6 Å². The first kappa shape index (κ1) is 94.4. The van der Waals surface area contributed by atoms with Gasteiger partial charge in [-0.05, 0) is 167 Å². The van der Waals surface area contributed by atoms with Crippen molar-refractivity contribution < 1.29 is 80.2 Å². The molecule has 0 aromatic rings. The molecule has 0 radical (unpaired) electrons. The van der Waals surface area contributed by atoms with Gasteiger partial charge in [0.05, 0.1) is 26.4 Å². The molecule has 0 aromatic carbocycles. The second-order valence-electron chi connectivity index (χ2n) is 24.1. The highest BCUT2D eigenvalue weighted by molar-refractivity contribution is 7.47. The average molecular weight is 1440 g/mol. The number of rotatable bonds is 68. The van der Waals surface area contributed by atoms with Crippen molar-refractivity contribution in [1.29, 1.82) is 0 Å². The Morgan fingerprint density at radius 2 is 0.490 bits per heavy atom. The summed E-state index contributed by atoms with van der Waals surface area (Å²) in [4.78, 5) is 72.8. The fraction of sp³-hybridized carbons (Fsp3) is 0.605. The summed E-state index contributed by atoms with van der Waals surface area (Å²) in [6.07, 6.45) is 83.6. The maximum Gasteiger partial charge on any atom is 0.472 e. The monoisotopic (exact) mass is 1440 g/mol. The van der Waals surface area contributed by atoms with Gasteiger partial charge in [0.25, 0.3) is 0 Å². The summed E-state index contributed by atoms with van der Waals surface area (Å²) >= 11 is 0. The maximum absolute atomic E-state index is 13.1. The minimum atomic E-state index is -5.00. The highest BCUT2D eigenvalue weighted by Gasteiger charge is 2.30. The number of phosphoric ester groups is 2. The van der Waals surface area contributed by atoms with Gasteiger partial charge in [-0.1, -0.05) is 236 Å². The molecule has 0 saturated heterocycles. The number of aliphatic hydroxyl groups excluding tert-OH is 1. The minimum absolute atomic E-state index is 0.0265. The molecule has 0 amide bonds. The van der Waals surface area contributed by atoms with Crippen LogP contribution in [0.3, 0.4) is 0 Å². The van der Waals surface area contributed by atoms with Crippen molar-refractivity contribution in [1.82, 2.24) is 0 Å². The fourth-order valence-corrected chi connectivity index (χ4v) is 10.7. The van der Waals surface area contributed by atoms with Crippen molar-refractivity contribution in [3.8, 4) is 0 Å². The number of carbonyl (C=O) groups is 4. The van der Waals surface area contributed by atoms with Gasteiger partial charge in [0.2, 0.25) is 0 Å². The number of phosphoric acid groups is 2. The molecule has 566 valence electrons. The molecule has 17 nitrogen and oxygen atoms in total. The smallest absolute Gasteiger partial charge is 0.462 e. The van der Waals surface area contributed by atoms with Crippen LogP contribution in [-0.2, 0) is 65.4 Å². The van der Waals surface area contributed by atoms with Crippen molar-refractivity contribution >= 4 is 39.5 Å². The molecule has 0 spiro atoms. The van der Waals surface area contributed by atoms with E-state index in [4.69, 9.17) is 37.0 Å². The van der Waals surface area contributed by atoms with Crippen LogP contribution in [-0.4, -0.2) is 96.7 Å². The molecule has 0 aliphatic carbocycles. The molecule has 0 fully saturated rings. The van der Waals surface area contributed by atoms with E-state index in [-0.39, 0.29) is 25.7 Å². The van der Waals surface area contributed by atoms with Gasteiger partial charge in [-0.3, -0.25) is 37.3 Å². The second kappa shape index (κ2) is 71.8. The molecule has 19 heteroatoms. The molecule has 5 atom stereocenters. The first-order valence-electron chi connectivity index (χ1n) is 37.4. The Balaban J connectivity index is 5.48. The minimum Gasteiger partial charge on any atom is -0.462 e. The third kappa shape index (κ3) is 70.8. The SMILES string of the molecule is CC/C=C\C/C=C\C/C=C\C/C=C\CCCCC(=O)OCC(COP(=O)(O)OCC(O)COP(=O)(O)OCC(COC(=O)CCCCCCC/C=C\C/C=C\C/C=C\CC)OC(=O)CCCCCCC/C=C\C/C=C\C/C=C\CC)OC(=O)CCCC/C=C\C/C=C\C/C=C\C/C=C\CC.